The first-order valence-electron chi connectivity index (χ1n) is 5.43. The fourth-order valence-electron chi connectivity index (χ4n) is 1.36. The number of rotatable bonds is 5. The Kier molecular flexibility index (Phi) is 6.49. The van der Waals surface area contributed by atoms with Crippen molar-refractivity contribution in [2.75, 3.05) is 6.54 Å². The van der Waals surface area contributed by atoms with Gasteiger partial charge in [0.2, 0.25) is 5.96 Å². The first kappa shape index (κ1) is 13.7. The second kappa shape index (κ2) is 7.09. The molecule has 0 aromatic heterocycles. The van der Waals surface area contributed by atoms with E-state index in [1.54, 1.807) is 0 Å². The summed E-state index contributed by atoms with van der Waals surface area (Å²) in [5, 5.41) is 7.06. The van der Waals surface area contributed by atoms with Gasteiger partial charge in [0.1, 0.15) is 0 Å². The Labute approximate surface area is 92.0 Å². The number of hydrogen-bond acceptors (Lipinski definition) is 1. The Morgan fingerprint density at radius 2 is 1.93 bits per heavy atom. The molecule has 0 atom stereocenters. The van der Waals surface area contributed by atoms with Crippen LogP contribution in [0.5, 0.6) is 0 Å². The second-order valence-corrected chi connectivity index (χ2v) is 3.85. The molecule has 0 aliphatic carbocycles. The van der Waals surface area contributed by atoms with Crippen LogP contribution in [0.25, 0.3) is 0 Å². The molecule has 0 saturated heterocycles. The van der Waals surface area contributed by atoms with Gasteiger partial charge in [-0.25, -0.2) is 0 Å². The first-order chi connectivity index (χ1) is 6.99. The molecule has 0 unspecified atom stereocenters. The summed E-state index contributed by atoms with van der Waals surface area (Å²) < 4.78 is 0. The van der Waals surface area contributed by atoms with Crippen molar-refractivity contribution in [3.05, 3.63) is 0 Å². The molecule has 0 radical (unpaired) electrons. The third-order valence-electron chi connectivity index (χ3n) is 2.16. The monoisotopic (exact) mass is 213 g/mol. The minimum atomic E-state index is -0.242. The summed E-state index contributed by atoms with van der Waals surface area (Å²) in [6, 6.07) is 0.282. The van der Waals surface area contributed by atoms with Crippen molar-refractivity contribution in [1.29, 1.82) is 5.41 Å². The van der Waals surface area contributed by atoms with E-state index in [1.807, 2.05) is 4.90 Å². The zero-order chi connectivity index (χ0) is 11.8. The predicted molar refractivity (Wildman–Crippen MR) is 64.9 cm³/mol. The summed E-state index contributed by atoms with van der Waals surface area (Å²) in [5.41, 5.74) is 10.9. The van der Waals surface area contributed by atoms with E-state index in [9.17, 15) is 0 Å². The lowest BCUT2D eigenvalue weighted by molar-refractivity contribution is 0.337. The molecular weight excluding hydrogens is 190 g/mol. The first-order valence-corrected chi connectivity index (χ1v) is 5.43. The standard InChI is InChI=1S/C10H23N5/c1-4-5-6-7-15(8(2)3)10(13)14-9(11)12/h8H,4-7H2,1-3H3,(H5,11,12,13,14). The number of guanidine groups is 2. The highest BCUT2D eigenvalue weighted by molar-refractivity contribution is 5.91. The van der Waals surface area contributed by atoms with Gasteiger partial charge in [0.05, 0.1) is 0 Å². The fourth-order valence-corrected chi connectivity index (χ4v) is 1.36. The average Bonchev–Trinajstić information content (AvgIpc) is 2.10. The van der Waals surface area contributed by atoms with Crippen LogP contribution in [0.2, 0.25) is 0 Å². The van der Waals surface area contributed by atoms with Gasteiger partial charge in [0, 0.05) is 12.6 Å². The molecule has 0 aliphatic rings. The van der Waals surface area contributed by atoms with E-state index in [4.69, 9.17) is 16.9 Å². The summed E-state index contributed by atoms with van der Waals surface area (Å²) in [7, 11) is 0. The van der Waals surface area contributed by atoms with E-state index < -0.39 is 0 Å². The van der Waals surface area contributed by atoms with Gasteiger partial charge in [0.15, 0.2) is 5.96 Å². The van der Waals surface area contributed by atoms with Crippen molar-refractivity contribution < 1.29 is 0 Å². The Morgan fingerprint density at radius 3 is 2.33 bits per heavy atom. The van der Waals surface area contributed by atoms with Crippen LogP contribution in [0.4, 0.5) is 0 Å². The van der Waals surface area contributed by atoms with Gasteiger partial charge in [-0.3, -0.25) is 5.41 Å². The maximum atomic E-state index is 7.06. The SMILES string of the molecule is CCCCCN(/C(N)=N/C(=N)N)C(C)C. The van der Waals surface area contributed by atoms with Crippen molar-refractivity contribution >= 4 is 11.9 Å². The number of nitrogens with zero attached hydrogens (tertiary/aromatic N) is 2. The highest BCUT2D eigenvalue weighted by atomic mass is 15.3. The second-order valence-electron chi connectivity index (χ2n) is 3.85. The molecule has 0 heterocycles. The van der Waals surface area contributed by atoms with Gasteiger partial charge in [-0.15, -0.1) is 0 Å². The molecule has 88 valence electrons. The molecule has 0 bridgehead atoms. The van der Waals surface area contributed by atoms with Crippen molar-refractivity contribution in [3.63, 3.8) is 0 Å². The number of aliphatic imine (C=N–C) groups is 1. The molecule has 5 N–H and O–H groups in total. The molecule has 0 saturated carbocycles. The Morgan fingerprint density at radius 1 is 1.33 bits per heavy atom. The van der Waals surface area contributed by atoms with Crippen LogP contribution in [0.3, 0.4) is 0 Å². The summed E-state index contributed by atoms with van der Waals surface area (Å²) >= 11 is 0. The van der Waals surface area contributed by atoms with Crippen molar-refractivity contribution in [2.24, 2.45) is 16.5 Å². The average molecular weight is 213 g/mol. The lowest BCUT2D eigenvalue weighted by Gasteiger charge is -2.27. The smallest absolute Gasteiger partial charge is 0.215 e. The zero-order valence-corrected chi connectivity index (χ0v) is 9.95. The molecule has 0 aliphatic heterocycles. The summed E-state index contributed by atoms with van der Waals surface area (Å²) in [5.74, 6) is 0.0993. The van der Waals surface area contributed by atoms with Crippen molar-refractivity contribution in [3.8, 4) is 0 Å². The third kappa shape index (κ3) is 5.93. The molecule has 15 heavy (non-hydrogen) atoms. The molecule has 0 fully saturated rings. The molecule has 0 amide bonds. The number of unbranched alkanes of at least 4 members (excludes halogenated alkanes) is 2. The highest BCUT2D eigenvalue weighted by Crippen LogP contribution is 2.03. The van der Waals surface area contributed by atoms with Gasteiger partial charge < -0.3 is 16.4 Å². The van der Waals surface area contributed by atoms with Crippen LogP contribution < -0.4 is 11.5 Å². The lowest BCUT2D eigenvalue weighted by atomic mass is 10.2. The number of hydrogen-bond donors (Lipinski definition) is 3. The molecule has 0 aromatic rings. The molecule has 0 aromatic carbocycles. The van der Waals surface area contributed by atoms with E-state index in [0.717, 1.165) is 13.0 Å². The Balaban J connectivity index is 4.32. The maximum Gasteiger partial charge on any atom is 0.215 e. The highest BCUT2D eigenvalue weighted by Gasteiger charge is 2.11. The van der Waals surface area contributed by atoms with E-state index in [0.29, 0.717) is 5.96 Å². The normalized spacial score (nSPS) is 11.9. The van der Waals surface area contributed by atoms with Crippen molar-refractivity contribution in [1.82, 2.24) is 4.90 Å². The van der Waals surface area contributed by atoms with Gasteiger partial charge >= 0.3 is 0 Å². The molecule has 5 nitrogen and oxygen atoms in total. The van der Waals surface area contributed by atoms with Crippen LogP contribution >= 0.6 is 0 Å². The summed E-state index contributed by atoms with van der Waals surface area (Å²) in [6.07, 6.45) is 3.44. The molecular formula is C10H23N5. The van der Waals surface area contributed by atoms with Gasteiger partial charge in [-0.1, -0.05) is 19.8 Å². The van der Waals surface area contributed by atoms with Crippen LogP contribution in [0.1, 0.15) is 40.0 Å². The fraction of sp³-hybridized carbons (Fsp3) is 0.800. The van der Waals surface area contributed by atoms with Crippen LogP contribution in [0.15, 0.2) is 4.99 Å². The summed E-state index contributed by atoms with van der Waals surface area (Å²) in [6.45, 7) is 7.13. The zero-order valence-electron chi connectivity index (χ0n) is 9.95. The summed E-state index contributed by atoms with van der Waals surface area (Å²) in [4.78, 5) is 5.73. The van der Waals surface area contributed by atoms with E-state index in [-0.39, 0.29) is 12.0 Å². The van der Waals surface area contributed by atoms with Crippen LogP contribution in [-0.2, 0) is 0 Å². The number of nitrogens with one attached hydrogen (secondary N) is 1. The van der Waals surface area contributed by atoms with E-state index in [2.05, 4.69) is 25.8 Å². The predicted octanol–water partition coefficient (Wildman–Crippen LogP) is 1.10. The van der Waals surface area contributed by atoms with E-state index in [1.165, 1.54) is 12.8 Å². The maximum absolute atomic E-state index is 7.06. The Hall–Kier alpha value is -1.26. The Bertz CT molecular complexity index is 222. The van der Waals surface area contributed by atoms with Crippen LogP contribution in [0, 0.1) is 5.41 Å². The van der Waals surface area contributed by atoms with Crippen LogP contribution in [-0.4, -0.2) is 29.4 Å². The molecule has 0 rings (SSSR count). The van der Waals surface area contributed by atoms with Gasteiger partial charge in [-0.2, -0.15) is 4.99 Å². The minimum absolute atomic E-state index is 0.242. The topological polar surface area (TPSA) is 91.5 Å². The quantitative estimate of drug-likeness (QED) is 0.363. The molecule has 0 spiro atoms. The number of nitrogens with two attached hydrogens (primary N) is 2. The van der Waals surface area contributed by atoms with E-state index >= 15 is 0 Å². The largest absolute Gasteiger partial charge is 0.369 e. The van der Waals surface area contributed by atoms with Crippen molar-refractivity contribution in [2.45, 2.75) is 46.1 Å². The lowest BCUT2D eigenvalue weighted by Crippen LogP contribution is -2.43. The minimum Gasteiger partial charge on any atom is -0.369 e. The van der Waals surface area contributed by atoms with Gasteiger partial charge in [-0.05, 0) is 20.3 Å². The third-order valence-corrected chi connectivity index (χ3v) is 2.16. The molecule has 5 heteroatoms. The van der Waals surface area contributed by atoms with Gasteiger partial charge in [0.25, 0.3) is 0 Å².